The number of benzene rings is 2. The Morgan fingerprint density at radius 3 is 2.38 bits per heavy atom. The normalized spacial score (nSPS) is 12.5. The zero-order chi connectivity index (χ0) is 15.0. The molecule has 0 unspecified atom stereocenters. The second-order valence-electron chi connectivity index (χ2n) is 4.43. The summed E-state index contributed by atoms with van der Waals surface area (Å²) < 4.78 is 38.0. The molecule has 1 aliphatic heterocycles. The van der Waals surface area contributed by atoms with Crippen LogP contribution in [0, 0.1) is 11.6 Å². The van der Waals surface area contributed by atoms with Crippen LogP contribution in [0.2, 0.25) is 0 Å². The third kappa shape index (κ3) is 2.73. The van der Waals surface area contributed by atoms with Crippen molar-refractivity contribution in [2.45, 2.75) is 6.54 Å². The Kier molecular flexibility index (Phi) is 3.59. The average Bonchev–Trinajstić information content (AvgIpc) is 2.84. The minimum atomic E-state index is -0.720. The first-order valence-corrected chi connectivity index (χ1v) is 6.84. The molecule has 0 spiro atoms. The van der Waals surface area contributed by atoms with Gasteiger partial charge in [0.1, 0.15) is 23.1 Å². The van der Waals surface area contributed by atoms with Gasteiger partial charge in [0, 0.05) is 22.6 Å². The Morgan fingerprint density at radius 1 is 1.10 bits per heavy atom. The first-order chi connectivity index (χ1) is 10.0. The van der Waals surface area contributed by atoms with Crippen molar-refractivity contribution in [1.29, 1.82) is 0 Å². The van der Waals surface area contributed by atoms with Gasteiger partial charge in [-0.15, -0.1) is 0 Å². The molecule has 2 aromatic rings. The SMILES string of the molecule is Oc1cc2c(cc1CNc1c(F)cc(Br)cc1F)OCO2. The summed E-state index contributed by atoms with van der Waals surface area (Å²) in [6, 6.07) is 5.29. The van der Waals surface area contributed by atoms with Gasteiger partial charge >= 0.3 is 0 Å². The quantitative estimate of drug-likeness (QED) is 0.877. The fourth-order valence-electron chi connectivity index (χ4n) is 2.01. The molecule has 4 nitrogen and oxygen atoms in total. The van der Waals surface area contributed by atoms with Gasteiger partial charge in [-0.3, -0.25) is 0 Å². The van der Waals surface area contributed by atoms with Crippen LogP contribution in [0.5, 0.6) is 17.2 Å². The highest BCUT2D eigenvalue weighted by Gasteiger charge is 2.17. The van der Waals surface area contributed by atoms with Crippen LogP contribution < -0.4 is 14.8 Å². The molecule has 1 aliphatic rings. The number of anilines is 1. The molecule has 1 heterocycles. The molecule has 0 radical (unpaired) electrons. The van der Waals surface area contributed by atoms with E-state index >= 15 is 0 Å². The summed E-state index contributed by atoms with van der Waals surface area (Å²) >= 11 is 3.01. The molecule has 0 saturated carbocycles. The molecule has 0 amide bonds. The number of hydrogen-bond donors (Lipinski definition) is 2. The Labute approximate surface area is 127 Å². The number of ether oxygens (including phenoxy) is 2. The molecule has 3 rings (SSSR count). The third-order valence-corrected chi connectivity index (χ3v) is 3.49. The summed E-state index contributed by atoms with van der Waals surface area (Å²) in [7, 11) is 0. The lowest BCUT2D eigenvalue weighted by Crippen LogP contribution is -2.04. The standard InChI is InChI=1S/C14H10BrF2NO3/c15-8-2-9(16)14(10(17)3-8)18-5-7-1-12-13(4-11(7)19)21-6-20-12/h1-4,18-19H,5-6H2. The van der Waals surface area contributed by atoms with E-state index in [9.17, 15) is 13.9 Å². The predicted molar refractivity (Wildman–Crippen MR) is 75.6 cm³/mol. The molecular formula is C14H10BrF2NO3. The maximum absolute atomic E-state index is 13.7. The van der Waals surface area contributed by atoms with Gasteiger partial charge in [-0.1, -0.05) is 15.9 Å². The van der Waals surface area contributed by atoms with Crippen molar-refractivity contribution in [1.82, 2.24) is 0 Å². The van der Waals surface area contributed by atoms with Gasteiger partial charge in [-0.05, 0) is 18.2 Å². The molecule has 2 aromatic carbocycles. The highest BCUT2D eigenvalue weighted by Crippen LogP contribution is 2.38. The minimum Gasteiger partial charge on any atom is -0.507 e. The largest absolute Gasteiger partial charge is 0.507 e. The topological polar surface area (TPSA) is 50.7 Å². The van der Waals surface area contributed by atoms with Crippen LogP contribution in [0.4, 0.5) is 14.5 Å². The number of hydrogen-bond acceptors (Lipinski definition) is 4. The van der Waals surface area contributed by atoms with Crippen LogP contribution >= 0.6 is 15.9 Å². The number of phenolic OH excluding ortho intramolecular Hbond substituents is 1. The highest BCUT2D eigenvalue weighted by atomic mass is 79.9. The van der Waals surface area contributed by atoms with Crippen LogP contribution in [-0.4, -0.2) is 11.9 Å². The number of phenols is 1. The van der Waals surface area contributed by atoms with Crippen molar-refractivity contribution in [2.75, 3.05) is 12.1 Å². The average molecular weight is 358 g/mol. The van der Waals surface area contributed by atoms with Gasteiger partial charge in [0.25, 0.3) is 0 Å². The highest BCUT2D eigenvalue weighted by molar-refractivity contribution is 9.10. The second-order valence-corrected chi connectivity index (χ2v) is 5.35. The van der Waals surface area contributed by atoms with Gasteiger partial charge in [0.2, 0.25) is 6.79 Å². The van der Waals surface area contributed by atoms with E-state index in [0.717, 1.165) is 12.1 Å². The lowest BCUT2D eigenvalue weighted by Gasteiger charge is -2.11. The molecule has 21 heavy (non-hydrogen) atoms. The lowest BCUT2D eigenvalue weighted by molar-refractivity contribution is 0.174. The molecule has 7 heteroatoms. The first-order valence-electron chi connectivity index (χ1n) is 6.04. The van der Waals surface area contributed by atoms with Gasteiger partial charge in [-0.2, -0.15) is 0 Å². The maximum atomic E-state index is 13.7. The van der Waals surface area contributed by atoms with Gasteiger partial charge < -0.3 is 19.9 Å². The van der Waals surface area contributed by atoms with Crippen molar-refractivity contribution in [3.05, 3.63) is 45.9 Å². The zero-order valence-corrected chi connectivity index (χ0v) is 12.2. The summed E-state index contributed by atoms with van der Waals surface area (Å²) in [4.78, 5) is 0. The van der Waals surface area contributed by atoms with Crippen molar-refractivity contribution >= 4 is 21.6 Å². The molecule has 0 saturated heterocycles. The molecule has 0 aromatic heterocycles. The monoisotopic (exact) mass is 357 g/mol. The third-order valence-electron chi connectivity index (χ3n) is 3.04. The van der Waals surface area contributed by atoms with E-state index in [-0.39, 0.29) is 24.8 Å². The molecule has 0 aliphatic carbocycles. The Hall–Kier alpha value is -2.02. The van der Waals surface area contributed by atoms with Gasteiger partial charge in [-0.25, -0.2) is 8.78 Å². The summed E-state index contributed by atoms with van der Waals surface area (Å²) in [5.74, 6) is -0.549. The Morgan fingerprint density at radius 2 is 1.71 bits per heavy atom. The summed E-state index contributed by atoms with van der Waals surface area (Å²) in [5, 5.41) is 12.5. The Balaban J connectivity index is 1.83. The number of nitrogens with one attached hydrogen (secondary N) is 1. The molecule has 0 fully saturated rings. The molecule has 2 N–H and O–H groups in total. The summed E-state index contributed by atoms with van der Waals surface area (Å²) in [6.45, 7) is 0.125. The van der Waals surface area contributed by atoms with Gasteiger partial charge in [0.15, 0.2) is 11.5 Å². The van der Waals surface area contributed by atoms with Crippen molar-refractivity contribution in [3.63, 3.8) is 0 Å². The molecule has 0 bridgehead atoms. The number of fused-ring (bicyclic) bond motifs is 1. The first kappa shape index (κ1) is 13.9. The fraction of sp³-hybridized carbons (Fsp3) is 0.143. The Bertz CT molecular complexity index is 686. The minimum absolute atomic E-state index is 0.0373. The van der Waals surface area contributed by atoms with Crippen LogP contribution in [0.25, 0.3) is 0 Å². The van der Waals surface area contributed by atoms with Gasteiger partial charge in [0.05, 0.1) is 0 Å². The van der Waals surface area contributed by atoms with E-state index in [0.29, 0.717) is 21.5 Å². The predicted octanol–water partition coefficient (Wildman–Crippen LogP) is 3.77. The van der Waals surface area contributed by atoms with E-state index in [1.165, 1.54) is 6.07 Å². The van der Waals surface area contributed by atoms with E-state index in [4.69, 9.17) is 9.47 Å². The van der Waals surface area contributed by atoms with Crippen LogP contribution in [0.15, 0.2) is 28.7 Å². The number of halogens is 3. The van der Waals surface area contributed by atoms with Crippen molar-refractivity contribution in [2.24, 2.45) is 0 Å². The van der Waals surface area contributed by atoms with Crippen molar-refractivity contribution < 1.29 is 23.4 Å². The lowest BCUT2D eigenvalue weighted by atomic mass is 10.1. The fourth-order valence-corrected chi connectivity index (χ4v) is 2.41. The summed E-state index contributed by atoms with van der Waals surface area (Å²) in [6.07, 6.45) is 0. The van der Waals surface area contributed by atoms with E-state index in [1.54, 1.807) is 6.07 Å². The van der Waals surface area contributed by atoms with Crippen LogP contribution in [0.3, 0.4) is 0 Å². The molecule has 110 valence electrons. The smallest absolute Gasteiger partial charge is 0.231 e. The van der Waals surface area contributed by atoms with E-state index in [1.807, 2.05) is 0 Å². The maximum Gasteiger partial charge on any atom is 0.231 e. The molecular weight excluding hydrogens is 348 g/mol. The van der Waals surface area contributed by atoms with Crippen LogP contribution in [0.1, 0.15) is 5.56 Å². The summed E-state index contributed by atoms with van der Waals surface area (Å²) in [5.41, 5.74) is 0.191. The van der Waals surface area contributed by atoms with E-state index in [2.05, 4.69) is 21.2 Å². The van der Waals surface area contributed by atoms with E-state index < -0.39 is 11.6 Å². The molecule has 0 atom stereocenters. The van der Waals surface area contributed by atoms with Crippen molar-refractivity contribution in [3.8, 4) is 17.2 Å². The zero-order valence-electron chi connectivity index (χ0n) is 10.6. The number of rotatable bonds is 3. The van der Waals surface area contributed by atoms with Crippen LogP contribution in [-0.2, 0) is 6.54 Å². The second kappa shape index (κ2) is 5.40. The number of aromatic hydroxyl groups is 1.